The molecular weight excluding hydrogens is 208 g/mol. The Bertz CT molecular complexity index is 154. The number of rotatable bonds is 13. The first-order valence-corrected chi connectivity index (χ1v) is 7.80. The fourth-order valence-electron chi connectivity index (χ4n) is 2.26. The van der Waals surface area contributed by atoms with Crippen molar-refractivity contribution in [2.45, 2.75) is 90.9 Å². The minimum absolute atomic E-state index is 0.323. The fraction of sp³-hybridized carbons (Fsp3) is 0.938. The molecule has 0 bridgehead atoms. The van der Waals surface area contributed by atoms with Gasteiger partial charge in [0.05, 0.1) is 0 Å². The molecule has 0 aliphatic heterocycles. The van der Waals surface area contributed by atoms with Crippen molar-refractivity contribution in [1.82, 2.24) is 0 Å². The Morgan fingerprint density at radius 2 is 1.24 bits per heavy atom. The molecule has 0 aromatic heterocycles. The highest BCUT2D eigenvalue weighted by atomic mass is 16.1. The predicted octanol–water partition coefficient (Wildman–Crippen LogP) is 5.52. The third kappa shape index (κ3) is 11.9. The summed E-state index contributed by atoms with van der Waals surface area (Å²) in [7, 11) is 0. The van der Waals surface area contributed by atoms with Gasteiger partial charge in [-0.15, -0.1) is 0 Å². The van der Waals surface area contributed by atoms with Crippen molar-refractivity contribution in [2.75, 3.05) is 0 Å². The molecule has 0 aliphatic rings. The van der Waals surface area contributed by atoms with Crippen LogP contribution in [0.5, 0.6) is 0 Å². The van der Waals surface area contributed by atoms with E-state index in [-0.39, 0.29) is 0 Å². The fourth-order valence-corrected chi connectivity index (χ4v) is 2.26. The van der Waals surface area contributed by atoms with Crippen molar-refractivity contribution in [3.8, 4) is 0 Å². The van der Waals surface area contributed by atoms with E-state index in [0.717, 1.165) is 19.1 Å². The van der Waals surface area contributed by atoms with E-state index in [9.17, 15) is 4.79 Å². The molecule has 0 amide bonds. The van der Waals surface area contributed by atoms with Gasteiger partial charge in [-0.05, 0) is 12.8 Å². The molecule has 0 aromatic carbocycles. The smallest absolute Gasteiger partial charge is 0.123 e. The second-order valence-electron chi connectivity index (χ2n) is 5.28. The van der Waals surface area contributed by atoms with Crippen LogP contribution in [0.4, 0.5) is 0 Å². The minimum Gasteiger partial charge on any atom is -0.303 e. The lowest BCUT2D eigenvalue weighted by Crippen LogP contribution is -1.99. The number of hydrogen-bond acceptors (Lipinski definition) is 1. The maximum absolute atomic E-state index is 10.6. The van der Waals surface area contributed by atoms with Crippen molar-refractivity contribution in [1.29, 1.82) is 0 Å². The number of carbonyl (C=O) groups excluding carboxylic acids is 1. The molecule has 0 spiro atoms. The van der Waals surface area contributed by atoms with Crippen molar-refractivity contribution in [3.05, 3.63) is 0 Å². The zero-order valence-electron chi connectivity index (χ0n) is 12.0. The van der Waals surface area contributed by atoms with Crippen LogP contribution in [0, 0.1) is 5.92 Å². The lowest BCUT2D eigenvalue weighted by Gasteiger charge is -2.06. The van der Waals surface area contributed by atoms with E-state index in [2.05, 4.69) is 13.8 Å². The molecule has 0 saturated heterocycles. The average Bonchev–Trinajstić information content (AvgIpc) is 2.36. The van der Waals surface area contributed by atoms with E-state index in [4.69, 9.17) is 0 Å². The molecule has 0 heterocycles. The van der Waals surface area contributed by atoms with E-state index >= 15 is 0 Å². The summed E-state index contributed by atoms with van der Waals surface area (Å²) >= 11 is 0. The first-order chi connectivity index (χ1) is 8.35. The van der Waals surface area contributed by atoms with Gasteiger partial charge in [0.25, 0.3) is 0 Å². The Kier molecular flexibility index (Phi) is 13.5. The predicted molar refractivity (Wildman–Crippen MR) is 76.3 cm³/mol. The first-order valence-electron chi connectivity index (χ1n) is 7.80. The largest absolute Gasteiger partial charge is 0.303 e. The van der Waals surface area contributed by atoms with Crippen molar-refractivity contribution >= 4 is 6.29 Å². The highest BCUT2D eigenvalue weighted by molar-refractivity contribution is 5.53. The van der Waals surface area contributed by atoms with E-state index in [0.29, 0.717) is 5.92 Å². The van der Waals surface area contributed by atoms with Gasteiger partial charge in [-0.1, -0.05) is 78.1 Å². The summed E-state index contributed by atoms with van der Waals surface area (Å²) in [6.07, 6.45) is 17.0. The Balaban J connectivity index is 3.05. The van der Waals surface area contributed by atoms with Crippen LogP contribution in [-0.2, 0) is 4.79 Å². The number of unbranched alkanes of at least 4 members (excludes halogenated alkanes) is 9. The second-order valence-corrected chi connectivity index (χ2v) is 5.28. The molecule has 0 aliphatic carbocycles. The normalized spacial score (nSPS) is 12.6. The van der Waals surface area contributed by atoms with Crippen LogP contribution < -0.4 is 0 Å². The zero-order chi connectivity index (χ0) is 12.8. The van der Waals surface area contributed by atoms with Gasteiger partial charge in [0, 0.05) is 5.92 Å². The summed E-state index contributed by atoms with van der Waals surface area (Å²) in [5.41, 5.74) is 0. The van der Waals surface area contributed by atoms with Crippen molar-refractivity contribution in [2.24, 2.45) is 5.92 Å². The maximum atomic E-state index is 10.6. The van der Waals surface area contributed by atoms with Crippen LogP contribution in [0.2, 0.25) is 0 Å². The topological polar surface area (TPSA) is 17.1 Å². The summed E-state index contributed by atoms with van der Waals surface area (Å²) in [6, 6.07) is 0. The van der Waals surface area contributed by atoms with Gasteiger partial charge in [-0.3, -0.25) is 0 Å². The molecule has 1 nitrogen and oxygen atoms in total. The van der Waals surface area contributed by atoms with Crippen LogP contribution in [0.1, 0.15) is 90.9 Å². The molecule has 0 rings (SSSR count). The zero-order valence-corrected chi connectivity index (χ0v) is 12.0. The van der Waals surface area contributed by atoms with Crippen LogP contribution >= 0.6 is 0 Å². The molecule has 17 heavy (non-hydrogen) atoms. The average molecular weight is 240 g/mol. The van der Waals surface area contributed by atoms with Gasteiger partial charge in [-0.2, -0.15) is 0 Å². The molecule has 102 valence electrons. The van der Waals surface area contributed by atoms with Crippen LogP contribution in [0.15, 0.2) is 0 Å². The number of aldehydes is 1. The summed E-state index contributed by atoms with van der Waals surface area (Å²) < 4.78 is 0. The van der Waals surface area contributed by atoms with E-state index in [1.807, 2.05) is 0 Å². The van der Waals surface area contributed by atoms with Crippen LogP contribution in [-0.4, -0.2) is 6.29 Å². The van der Waals surface area contributed by atoms with E-state index in [1.54, 1.807) is 0 Å². The summed E-state index contributed by atoms with van der Waals surface area (Å²) in [5, 5.41) is 0. The summed E-state index contributed by atoms with van der Waals surface area (Å²) in [5.74, 6) is 0.323. The lowest BCUT2D eigenvalue weighted by molar-refractivity contribution is -0.111. The molecule has 0 N–H and O–H groups in total. The van der Waals surface area contributed by atoms with Gasteiger partial charge in [0.2, 0.25) is 0 Å². The first kappa shape index (κ1) is 16.7. The second kappa shape index (κ2) is 13.7. The standard InChI is InChI=1S/C16H32O/c1-3-5-6-7-8-9-10-11-12-13-14-16(4-2)15-17/h15-16H,3-14H2,1-2H3. The third-order valence-electron chi connectivity index (χ3n) is 3.65. The van der Waals surface area contributed by atoms with Gasteiger partial charge in [0.15, 0.2) is 0 Å². The molecule has 1 atom stereocenters. The molecule has 0 aromatic rings. The molecule has 1 heteroatoms. The third-order valence-corrected chi connectivity index (χ3v) is 3.65. The Hall–Kier alpha value is -0.330. The Labute approximate surface area is 108 Å². The van der Waals surface area contributed by atoms with Crippen LogP contribution in [0.25, 0.3) is 0 Å². The van der Waals surface area contributed by atoms with Crippen molar-refractivity contribution in [3.63, 3.8) is 0 Å². The summed E-state index contributed by atoms with van der Waals surface area (Å²) in [4.78, 5) is 10.6. The monoisotopic (exact) mass is 240 g/mol. The molecule has 0 saturated carbocycles. The summed E-state index contributed by atoms with van der Waals surface area (Å²) in [6.45, 7) is 4.37. The van der Waals surface area contributed by atoms with Crippen molar-refractivity contribution < 1.29 is 4.79 Å². The quantitative estimate of drug-likeness (QED) is 0.306. The Morgan fingerprint density at radius 1 is 0.765 bits per heavy atom. The van der Waals surface area contributed by atoms with E-state index in [1.165, 1.54) is 64.2 Å². The number of carbonyl (C=O) groups is 1. The Morgan fingerprint density at radius 3 is 1.65 bits per heavy atom. The van der Waals surface area contributed by atoms with Gasteiger partial charge < -0.3 is 4.79 Å². The van der Waals surface area contributed by atoms with E-state index < -0.39 is 0 Å². The molecule has 0 fully saturated rings. The molecular formula is C16H32O. The highest BCUT2D eigenvalue weighted by Gasteiger charge is 2.02. The lowest BCUT2D eigenvalue weighted by atomic mass is 9.99. The van der Waals surface area contributed by atoms with Gasteiger partial charge in [-0.25, -0.2) is 0 Å². The highest BCUT2D eigenvalue weighted by Crippen LogP contribution is 2.14. The molecule has 0 radical (unpaired) electrons. The SMILES string of the molecule is CCCCCCCCCCCCC(C=O)CC. The maximum Gasteiger partial charge on any atom is 0.123 e. The number of hydrogen-bond donors (Lipinski definition) is 0. The van der Waals surface area contributed by atoms with Gasteiger partial charge in [0.1, 0.15) is 6.29 Å². The van der Waals surface area contributed by atoms with Gasteiger partial charge >= 0.3 is 0 Å². The molecule has 1 unspecified atom stereocenters. The minimum atomic E-state index is 0.323. The van der Waals surface area contributed by atoms with Crippen LogP contribution in [0.3, 0.4) is 0 Å².